The van der Waals surface area contributed by atoms with Gasteiger partial charge in [-0.3, -0.25) is 14.9 Å². The molecule has 3 rings (SSSR count). The van der Waals surface area contributed by atoms with Gasteiger partial charge in [-0.15, -0.1) is 0 Å². The summed E-state index contributed by atoms with van der Waals surface area (Å²) in [6, 6.07) is 15.2. The zero-order valence-corrected chi connectivity index (χ0v) is 14.6. The van der Waals surface area contributed by atoms with Gasteiger partial charge in [0.2, 0.25) is 5.78 Å². The third-order valence-electron chi connectivity index (χ3n) is 3.62. The lowest BCUT2D eigenvalue weighted by Gasteiger charge is -2.01. The van der Waals surface area contributed by atoms with Gasteiger partial charge < -0.3 is 0 Å². The van der Waals surface area contributed by atoms with Crippen molar-refractivity contribution in [2.45, 2.75) is 6.54 Å². The molecule has 0 spiro atoms. The summed E-state index contributed by atoms with van der Waals surface area (Å²) < 4.78 is 2.64. The fraction of sp³-hybridized carbons (Fsp3) is 0.0556. The molecule has 0 aliphatic carbocycles. The van der Waals surface area contributed by atoms with Crippen LogP contribution in [0.1, 0.15) is 10.4 Å². The van der Waals surface area contributed by atoms with E-state index < -0.39 is 4.92 Å². The normalized spacial score (nSPS) is 10.4. The molecule has 0 atom stereocenters. The smallest absolute Gasteiger partial charge is 0.287 e. The maximum Gasteiger partial charge on any atom is 0.287 e. The quantitative estimate of drug-likeness (QED) is 0.284. The molecule has 124 valence electrons. The van der Waals surface area contributed by atoms with E-state index in [0.29, 0.717) is 5.56 Å². The maximum absolute atomic E-state index is 12.3. The summed E-state index contributed by atoms with van der Waals surface area (Å²) in [4.78, 5) is 26.8. The third kappa shape index (κ3) is 4.13. The van der Waals surface area contributed by atoms with Crippen molar-refractivity contribution in [3.63, 3.8) is 0 Å². The van der Waals surface area contributed by atoms with Gasteiger partial charge in [-0.1, -0.05) is 28.1 Å². The summed E-state index contributed by atoms with van der Waals surface area (Å²) in [5, 5.41) is 10.6. The van der Waals surface area contributed by atoms with E-state index in [4.69, 9.17) is 0 Å². The van der Waals surface area contributed by atoms with Crippen LogP contribution in [0.5, 0.6) is 0 Å². The highest BCUT2D eigenvalue weighted by molar-refractivity contribution is 9.10. The predicted octanol–water partition coefficient (Wildman–Crippen LogP) is 3.59. The molecule has 0 unspecified atom stereocenters. The van der Waals surface area contributed by atoms with E-state index in [9.17, 15) is 14.9 Å². The molecule has 0 fully saturated rings. The van der Waals surface area contributed by atoms with Crippen LogP contribution in [0.15, 0.2) is 71.6 Å². The second-order valence-electron chi connectivity index (χ2n) is 5.36. The van der Waals surface area contributed by atoms with E-state index in [-0.39, 0.29) is 18.0 Å². The van der Waals surface area contributed by atoms with E-state index in [1.165, 1.54) is 24.3 Å². The Morgan fingerprint density at radius 3 is 2.52 bits per heavy atom. The maximum atomic E-state index is 12.3. The Bertz CT molecular complexity index is 925. The van der Waals surface area contributed by atoms with Crippen LogP contribution in [0.4, 0.5) is 5.69 Å². The zero-order chi connectivity index (χ0) is 17.8. The third-order valence-corrected chi connectivity index (χ3v) is 4.11. The van der Waals surface area contributed by atoms with Crippen LogP contribution >= 0.6 is 15.9 Å². The second kappa shape index (κ2) is 7.31. The minimum absolute atomic E-state index is 0.0377. The first-order valence-corrected chi connectivity index (χ1v) is 8.21. The van der Waals surface area contributed by atoms with E-state index in [1.807, 2.05) is 30.3 Å². The van der Waals surface area contributed by atoms with E-state index in [2.05, 4.69) is 20.9 Å². The number of Topliss-reactive ketones (excluding diaryl/α,β-unsaturated/α-hetero) is 1. The molecule has 25 heavy (non-hydrogen) atoms. The number of rotatable bonds is 5. The SMILES string of the molecule is O=C(C[n+]1ccc(-c2cccc(Br)c2)nc1)c1ccc([N+](=O)[O-])cc1. The van der Waals surface area contributed by atoms with Gasteiger partial charge in [0.15, 0.2) is 12.2 Å². The van der Waals surface area contributed by atoms with Crippen LogP contribution in [-0.2, 0) is 6.54 Å². The van der Waals surface area contributed by atoms with Gasteiger partial charge in [-0.05, 0) is 29.2 Å². The van der Waals surface area contributed by atoms with Gasteiger partial charge in [0.05, 0.1) is 11.1 Å². The van der Waals surface area contributed by atoms with Crippen molar-refractivity contribution in [2.24, 2.45) is 0 Å². The van der Waals surface area contributed by atoms with Crippen molar-refractivity contribution in [3.05, 3.63) is 87.3 Å². The summed E-state index contributed by atoms with van der Waals surface area (Å²) in [6.07, 6.45) is 3.38. The Morgan fingerprint density at radius 1 is 1.16 bits per heavy atom. The molecular weight excluding hydrogens is 386 g/mol. The number of hydrogen-bond donors (Lipinski definition) is 0. The van der Waals surface area contributed by atoms with Crippen LogP contribution in [0.2, 0.25) is 0 Å². The monoisotopic (exact) mass is 398 g/mol. The van der Waals surface area contributed by atoms with Gasteiger partial charge in [0.25, 0.3) is 12.0 Å². The number of nitro benzene ring substituents is 1. The fourth-order valence-electron chi connectivity index (χ4n) is 2.32. The number of carbonyl (C=O) groups excluding carboxylic acids is 1. The lowest BCUT2D eigenvalue weighted by atomic mass is 10.1. The first-order chi connectivity index (χ1) is 12.0. The highest BCUT2D eigenvalue weighted by Crippen LogP contribution is 2.20. The molecule has 0 saturated carbocycles. The average molecular weight is 399 g/mol. The Balaban J connectivity index is 1.72. The number of nitro groups is 1. The first kappa shape index (κ1) is 16.9. The minimum atomic E-state index is -0.492. The number of carbonyl (C=O) groups is 1. The average Bonchev–Trinajstić information content (AvgIpc) is 2.62. The number of aromatic nitrogens is 2. The van der Waals surface area contributed by atoms with Crippen molar-refractivity contribution in [1.29, 1.82) is 0 Å². The molecule has 6 nitrogen and oxygen atoms in total. The molecular formula is C18H13BrN3O3+. The number of hydrogen-bond acceptors (Lipinski definition) is 4. The van der Waals surface area contributed by atoms with Crippen LogP contribution in [0.3, 0.4) is 0 Å². The number of benzene rings is 2. The van der Waals surface area contributed by atoms with E-state index in [0.717, 1.165) is 15.7 Å². The van der Waals surface area contributed by atoms with Gasteiger partial charge in [-0.25, -0.2) is 4.57 Å². The summed E-state index contributed by atoms with van der Waals surface area (Å²) in [7, 11) is 0. The molecule has 0 amide bonds. The Hall–Kier alpha value is -2.93. The van der Waals surface area contributed by atoms with Gasteiger partial charge in [0, 0.05) is 33.8 Å². The Kier molecular flexibility index (Phi) is 4.95. The van der Waals surface area contributed by atoms with Crippen LogP contribution < -0.4 is 4.57 Å². The molecule has 7 heteroatoms. The lowest BCUT2D eigenvalue weighted by Crippen LogP contribution is -2.37. The zero-order valence-electron chi connectivity index (χ0n) is 13.0. The highest BCUT2D eigenvalue weighted by Gasteiger charge is 2.13. The Morgan fingerprint density at radius 2 is 1.92 bits per heavy atom. The fourth-order valence-corrected chi connectivity index (χ4v) is 2.72. The van der Waals surface area contributed by atoms with Gasteiger partial charge >= 0.3 is 0 Å². The largest absolute Gasteiger partial charge is 0.290 e. The molecule has 1 heterocycles. The van der Waals surface area contributed by atoms with Crippen LogP contribution in [-0.4, -0.2) is 15.7 Å². The van der Waals surface area contributed by atoms with Crippen molar-refractivity contribution in [2.75, 3.05) is 0 Å². The summed E-state index contributed by atoms with van der Waals surface area (Å²) >= 11 is 3.43. The molecule has 0 saturated heterocycles. The summed E-state index contributed by atoms with van der Waals surface area (Å²) in [5.74, 6) is -0.142. The number of non-ortho nitro benzene ring substituents is 1. The number of nitrogens with zero attached hydrogens (tertiary/aromatic N) is 3. The molecule has 1 aromatic heterocycles. The minimum Gasteiger partial charge on any atom is -0.290 e. The second-order valence-corrected chi connectivity index (χ2v) is 6.27. The molecule has 0 N–H and O–H groups in total. The molecule has 2 aromatic carbocycles. The van der Waals surface area contributed by atoms with Crippen molar-refractivity contribution < 1.29 is 14.3 Å². The Labute approximate surface area is 152 Å². The highest BCUT2D eigenvalue weighted by atomic mass is 79.9. The number of halogens is 1. The van der Waals surface area contributed by atoms with Gasteiger partial charge in [0.1, 0.15) is 0 Å². The van der Waals surface area contributed by atoms with Crippen molar-refractivity contribution in [3.8, 4) is 11.3 Å². The molecule has 3 aromatic rings. The van der Waals surface area contributed by atoms with Crippen molar-refractivity contribution in [1.82, 2.24) is 4.98 Å². The molecule has 0 radical (unpaired) electrons. The standard InChI is InChI=1S/C18H13BrN3O3/c19-15-3-1-2-14(10-15)17-8-9-21(12-20-17)11-18(23)13-4-6-16(7-5-13)22(24)25/h1-10,12H,11H2/q+1. The topological polar surface area (TPSA) is 77.0 Å². The van der Waals surface area contributed by atoms with Crippen molar-refractivity contribution >= 4 is 27.4 Å². The van der Waals surface area contributed by atoms with Gasteiger partial charge in [-0.2, -0.15) is 0 Å². The number of ketones is 1. The first-order valence-electron chi connectivity index (χ1n) is 7.41. The van der Waals surface area contributed by atoms with E-state index in [1.54, 1.807) is 17.1 Å². The summed E-state index contributed by atoms with van der Waals surface area (Å²) in [5.41, 5.74) is 2.17. The molecule has 0 aliphatic rings. The molecule has 0 aliphatic heterocycles. The lowest BCUT2D eigenvalue weighted by molar-refractivity contribution is -0.686. The predicted molar refractivity (Wildman–Crippen MR) is 95.0 cm³/mol. The van der Waals surface area contributed by atoms with Crippen LogP contribution in [0.25, 0.3) is 11.3 Å². The van der Waals surface area contributed by atoms with E-state index >= 15 is 0 Å². The van der Waals surface area contributed by atoms with Crippen LogP contribution in [0, 0.1) is 10.1 Å². The molecule has 0 bridgehead atoms. The summed E-state index contributed by atoms with van der Waals surface area (Å²) in [6.45, 7) is 0.115.